The van der Waals surface area contributed by atoms with E-state index in [-0.39, 0.29) is 5.91 Å². The molecule has 0 bridgehead atoms. The average Bonchev–Trinajstić information content (AvgIpc) is 2.93. The molecule has 0 unspecified atom stereocenters. The van der Waals surface area contributed by atoms with Crippen molar-refractivity contribution < 1.29 is 4.79 Å². The lowest BCUT2D eigenvalue weighted by Crippen LogP contribution is -2.19. The zero-order chi connectivity index (χ0) is 17.8. The molecule has 0 saturated carbocycles. The molecule has 1 N–H and O–H groups in total. The SMILES string of the molecule is CCCCn1c(C(=O)Nc2ccccc2C#N)c(C)c2ccccc21. The lowest BCUT2D eigenvalue weighted by Gasteiger charge is -2.12. The van der Waals surface area contributed by atoms with Gasteiger partial charge in [0.1, 0.15) is 11.8 Å². The quantitative estimate of drug-likeness (QED) is 0.725. The van der Waals surface area contributed by atoms with Gasteiger partial charge in [0.15, 0.2) is 0 Å². The van der Waals surface area contributed by atoms with Crippen molar-refractivity contribution in [3.05, 3.63) is 65.4 Å². The molecular formula is C21H21N3O. The van der Waals surface area contributed by atoms with Crippen LogP contribution in [0.15, 0.2) is 48.5 Å². The maximum atomic E-state index is 13.0. The standard InChI is InChI=1S/C21H21N3O/c1-3-4-13-24-19-12-8-6-10-17(19)15(2)20(24)21(25)23-18-11-7-5-9-16(18)14-22/h5-12H,3-4,13H2,1-2H3,(H,23,25). The molecule has 0 aliphatic heterocycles. The molecule has 4 heteroatoms. The van der Waals surface area contributed by atoms with E-state index in [1.807, 2.05) is 31.2 Å². The number of aryl methyl sites for hydroxylation is 2. The average molecular weight is 331 g/mol. The number of para-hydroxylation sites is 2. The summed E-state index contributed by atoms with van der Waals surface area (Å²) in [6.07, 6.45) is 2.07. The van der Waals surface area contributed by atoms with Crippen molar-refractivity contribution >= 4 is 22.5 Å². The van der Waals surface area contributed by atoms with E-state index in [1.165, 1.54) is 0 Å². The molecule has 3 aromatic rings. The second-order valence-electron chi connectivity index (χ2n) is 6.11. The molecular weight excluding hydrogens is 310 g/mol. The normalized spacial score (nSPS) is 10.6. The topological polar surface area (TPSA) is 57.8 Å². The summed E-state index contributed by atoms with van der Waals surface area (Å²) in [4.78, 5) is 13.0. The Bertz CT molecular complexity index is 963. The van der Waals surface area contributed by atoms with Gasteiger partial charge in [0, 0.05) is 17.4 Å². The highest BCUT2D eigenvalue weighted by Crippen LogP contribution is 2.27. The maximum Gasteiger partial charge on any atom is 0.272 e. The van der Waals surface area contributed by atoms with Crippen LogP contribution in [-0.2, 0) is 6.54 Å². The van der Waals surface area contributed by atoms with Gasteiger partial charge >= 0.3 is 0 Å². The van der Waals surface area contributed by atoms with Crippen molar-refractivity contribution in [3.63, 3.8) is 0 Å². The molecule has 4 nitrogen and oxygen atoms in total. The molecule has 0 radical (unpaired) electrons. The first kappa shape index (κ1) is 16.8. The zero-order valence-electron chi connectivity index (χ0n) is 14.5. The number of carbonyl (C=O) groups excluding carboxylic acids is 1. The Balaban J connectivity index is 2.06. The molecule has 126 valence electrons. The summed E-state index contributed by atoms with van der Waals surface area (Å²) >= 11 is 0. The highest BCUT2D eigenvalue weighted by atomic mass is 16.2. The predicted molar refractivity (Wildman–Crippen MR) is 101 cm³/mol. The van der Waals surface area contributed by atoms with Crippen molar-refractivity contribution in [2.75, 3.05) is 5.32 Å². The van der Waals surface area contributed by atoms with E-state index in [4.69, 9.17) is 0 Å². The van der Waals surface area contributed by atoms with E-state index in [0.717, 1.165) is 35.9 Å². The van der Waals surface area contributed by atoms with Crippen molar-refractivity contribution in [3.8, 4) is 6.07 Å². The molecule has 0 saturated heterocycles. The minimum atomic E-state index is -0.174. The molecule has 0 fully saturated rings. The molecule has 1 heterocycles. The van der Waals surface area contributed by atoms with Crippen LogP contribution in [0.3, 0.4) is 0 Å². The Morgan fingerprint density at radius 1 is 1.16 bits per heavy atom. The fraction of sp³-hybridized carbons (Fsp3) is 0.238. The first-order valence-electron chi connectivity index (χ1n) is 8.55. The van der Waals surface area contributed by atoms with Gasteiger partial charge in [-0.2, -0.15) is 5.26 Å². The lowest BCUT2D eigenvalue weighted by atomic mass is 10.1. The van der Waals surface area contributed by atoms with Crippen LogP contribution < -0.4 is 5.32 Å². The number of nitrogens with zero attached hydrogens (tertiary/aromatic N) is 2. The highest BCUT2D eigenvalue weighted by molar-refractivity contribution is 6.08. The van der Waals surface area contributed by atoms with E-state index < -0.39 is 0 Å². The Kier molecular flexibility index (Phi) is 4.85. The summed E-state index contributed by atoms with van der Waals surface area (Å²) in [6.45, 7) is 4.92. The predicted octanol–water partition coefficient (Wildman–Crippen LogP) is 4.87. The lowest BCUT2D eigenvalue weighted by molar-refractivity contribution is 0.101. The molecule has 1 amide bonds. The van der Waals surface area contributed by atoms with Gasteiger partial charge in [-0.25, -0.2) is 0 Å². The third kappa shape index (κ3) is 3.14. The number of carbonyl (C=O) groups is 1. The summed E-state index contributed by atoms with van der Waals surface area (Å²) < 4.78 is 2.10. The van der Waals surface area contributed by atoms with Gasteiger partial charge in [-0.3, -0.25) is 4.79 Å². The number of nitrogens with one attached hydrogen (secondary N) is 1. The fourth-order valence-corrected chi connectivity index (χ4v) is 3.19. The number of hydrogen-bond donors (Lipinski definition) is 1. The van der Waals surface area contributed by atoms with Crippen LogP contribution in [0.5, 0.6) is 0 Å². The van der Waals surface area contributed by atoms with Crippen LogP contribution in [-0.4, -0.2) is 10.5 Å². The molecule has 0 aliphatic carbocycles. The van der Waals surface area contributed by atoms with Gasteiger partial charge in [0.25, 0.3) is 5.91 Å². The van der Waals surface area contributed by atoms with Crippen LogP contribution in [0.2, 0.25) is 0 Å². The Hall–Kier alpha value is -3.06. The second kappa shape index (κ2) is 7.23. The minimum absolute atomic E-state index is 0.174. The monoisotopic (exact) mass is 331 g/mol. The number of nitriles is 1. The molecule has 0 atom stereocenters. The summed E-state index contributed by atoms with van der Waals surface area (Å²) in [5.74, 6) is -0.174. The van der Waals surface area contributed by atoms with Crippen LogP contribution in [0.25, 0.3) is 10.9 Å². The molecule has 3 rings (SSSR count). The van der Waals surface area contributed by atoms with Crippen molar-refractivity contribution in [1.82, 2.24) is 4.57 Å². The van der Waals surface area contributed by atoms with E-state index in [2.05, 4.69) is 28.9 Å². The second-order valence-corrected chi connectivity index (χ2v) is 6.11. The zero-order valence-corrected chi connectivity index (χ0v) is 14.5. The summed E-state index contributed by atoms with van der Waals surface area (Å²) in [7, 11) is 0. The Morgan fingerprint density at radius 2 is 1.88 bits per heavy atom. The number of unbranched alkanes of at least 4 members (excludes halogenated alkanes) is 1. The number of anilines is 1. The van der Waals surface area contributed by atoms with E-state index in [1.54, 1.807) is 18.2 Å². The fourth-order valence-electron chi connectivity index (χ4n) is 3.19. The molecule has 2 aromatic carbocycles. The largest absolute Gasteiger partial charge is 0.336 e. The van der Waals surface area contributed by atoms with Gasteiger partial charge < -0.3 is 9.88 Å². The van der Waals surface area contributed by atoms with E-state index in [0.29, 0.717) is 16.9 Å². The summed E-state index contributed by atoms with van der Waals surface area (Å²) in [6, 6.07) is 17.3. The maximum absolute atomic E-state index is 13.0. The molecule has 1 aromatic heterocycles. The Labute approximate surface area is 147 Å². The minimum Gasteiger partial charge on any atom is -0.336 e. The number of rotatable bonds is 5. The number of benzene rings is 2. The van der Waals surface area contributed by atoms with Crippen LogP contribution in [0.1, 0.15) is 41.4 Å². The first-order chi connectivity index (χ1) is 12.2. The number of amides is 1. The van der Waals surface area contributed by atoms with Gasteiger partial charge in [0.05, 0.1) is 11.3 Å². The smallest absolute Gasteiger partial charge is 0.272 e. The Morgan fingerprint density at radius 3 is 2.64 bits per heavy atom. The van der Waals surface area contributed by atoms with E-state index >= 15 is 0 Å². The highest BCUT2D eigenvalue weighted by Gasteiger charge is 2.20. The third-order valence-electron chi connectivity index (χ3n) is 4.47. The number of fused-ring (bicyclic) bond motifs is 1. The van der Waals surface area contributed by atoms with Gasteiger partial charge in [-0.05, 0) is 37.1 Å². The molecule has 0 spiro atoms. The van der Waals surface area contributed by atoms with Crippen molar-refractivity contribution in [1.29, 1.82) is 5.26 Å². The van der Waals surface area contributed by atoms with E-state index in [9.17, 15) is 10.1 Å². The molecule has 0 aliphatic rings. The number of hydrogen-bond acceptors (Lipinski definition) is 2. The van der Waals surface area contributed by atoms with Gasteiger partial charge in [-0.1, -0.05) is 43.7 Å². The third-order valence-corrected chi connectivity index (χ3v) is 4.47. The van der Waals surface area contributed by atoms with Gasteiger partial charge in [-0.15, -0.1) is 0 Å². The van der Waals surface area contributed by atoms with Crippen LogP contribution in [0, 0.1) is 18.3 Å². The first-order valence-corrected chi connectivity index (χ1v) is 8.55. The molecule has 25 heavy (non-hydrogen) atoms. The van der Waals surface area contributed by atoms with Crippen molar-refractivity contribution in [2.24, 2.45) is 0 Å². The summed E-state index contributed by atoms with van der Waals surface area (Å²) in [5, 5.41) is 13.2. The summed E-state index contributed by atoms with van der Waals surface area (Å²) in [5.41, 5.74) is 3.72. The number of aromatic nitrogens is 1. The van der Waals surface area contributed by atoms with Crippen LogP contribution >= 0.6 is 0 Å². The van der Waals surface area contributed by atoms with Crippen molar-refractivity contribution in [2.45, 2.75) is 33.2 Å². The van der Waals surface area contributed by atoms with Gasteiger partial charge in [0.2, 0.25) is 0 Å². The van der Waals surface area contributed by atoms with Crippen LogP contribution in [0.4, 0.5) is 5.69 Å².